The molecular formula is C17H15NO2. The predicted molar refractivity (Wildman–Crippen MR) is 78.1 cm³/mol. The van der Waals surface area contributed by atoms with Gasteiger partial charge in [0.15, 0.2) is 0 Å². The monoisotopic (exact) mass is 265 g/mol. The number of pyridine rings is 1. The fourth-order valence-corrected chi connectivity index (χ4v) is 2.28. The zero-order valence-corrected chi connectivity index (χ0v) is 10.8. The van der Waals surface area contributed by atoms with Gasteiger partial charge in [-0.05, 0) is 23.3 Å². The van der Waals surface area contributed by atoms with Gasteiger partial charge in [0.2, 0.25) is 0 Å². The first-order valence-electron chi connectivity index (χ1n) is 6.51. The molecule has 0 aliphatic carbocycles. The zero-order valence-electron chi connectivity index (χ0n) is 10.8. The predicted octanol–water partition coefficient (Wildman–Crippen LogP) is 3.00. The first-order valence-corrected chi connectivity index (χ1v) is 6.51. The summed E-state index contributed by atoms with van der Waals surface area (Å²) in [6.45, 7) is 0. The van der Waals surface area contributed by atoms with Crippen LogP contribution in [0.4, 0.5) is 0 Å². The van der Waals surface area contributed by atoms with Crippen LogP contribution in [0.5, 0.6) is 0 Å². The average molecular weight is 265 g/mol. The van der Waals surface area contributed by atoms with Crippen molar-refractivity contribution < 1.29 is 10.2 Å². The molecule has 3 aromatic rings. The second-order valence-corrected chi connectivity index (χ2v) is 4.76. The summed E-state index contributed by atoms with van der Waals surface area (Å²) in [6, 6.07) is 18.5. The number of benzene rings is 2. The maximum absolute atomic E-state index is 10.3. The van der Waals surface area contributed by atoms with Gasteiger partial charge in [-0.15, -0.1) is 0 Å². The maximum atomic E-state index is 10.3. The third-order valence-electron chi connectivity index (χ3n) is 3.41. The Balaban J connectivity index is 1.94. The maximum Gasteiger partial charge on any atom is 0.109 e. The summed E-state index contributed by atoms with van der Waals surface area (Å²) in [5.41, 5.74) is 2.16. The highest BCUT2D eigenvalue weighted by molar-refractivity contribution is 5.78. The van der Waals surface area contributed by atoms with E-state index in [2.05, 4.69) is 4.98 Å². The lowest BCUT2D eigenvalue weighted by molar-refractivity contribution is 0.0173. The summed E-state index contributed by atoms with van der Waals surface area (Å²) in [5, 5.41) is 21.6. The molecule has 2 unspecified atom stereocenters. The highest BCUT2D eigenvalue weighted by Gasteiger charge is 2.20. The zero-order chi connectivity index (χ0) is 13.9. The van der Waals surface area contributed by atoms with Crippen molar-refractivity contribution in [3.8, 4) is 0 Å². The molecule has 2 atom stereocenters. The third-order valence-corrected chi connectivity index (χ3v) is 3.41. The quantitative estimate of drug-likeness (QED) is 0.765. The second-order valence-electron chi connectivity index (χ2n) is 4.76. The van der Waals surface area contributed by atoms with Gasteiger partial charge >= 0.3 is 0 Å². The normalized spacial score (nSPS) is 14.1. The summed E-state index contributed by atoms with van der Waals surface area (Å²) in [6.07, 6.45) is -0.201. The van der Waals surface area contributed by atoms with Gasteiger partial charge in [-0.2, -0.15) is 0 Å². The summed E-state index contributed by atoms with van der Waals surface area (Å²) < 4.78 is 0. The van der Waals surface area contributed by atoms with E-state index in [-0.39, 0.29) is 0 Å². The van der Waals surface area contributed by atoms with Crippen molar-refractivity contribution in [1.82, 2.24) is 4.98 Å². The Kier molecular flexibility index (Phi) is 3.46. The van der Waals surface area contributed by atoms with Gasteiger partial charge in [-0.3, -0.25) is 4.98 Å². The molecule has 0 aliphatic rings. The molecule has 2 aromatic carbocycles. The molecule has 3 nitrogen and oxygen atoms in total. The number of aliphatic hydroxyl groups is 2. The largest absolute Gasteiger partial charge is 0.385 e. The molecular weight excluding hydrogens is 250 g/mol. The highest BCUT2D eigenvalue weighted by Crippen LogP contribution is 2.29. The standard InChI is InChI=1S/C17H15NO2/c19-16(13-5-2-1-3-6-13)17(20)14-9-8-12-7-4-10-18-15(12)11-14/h1-11,16-17,19-20H. The van der Waals surface area contributed by atoms with E-state index in [9.17, 15) is 10.2 Å². The van der Waals surface area contributed by atoms with Crippen molar-refractivity contribution >= 4 is 10.9 Å². The Hall–Kier alpha value is -2.23. The number of aliphatic hydroxyl groups excluding tert-OH is 2. The Bertz CT molecular complexity index is 712. The molecule has 0 bridgehead atoms. The number of rotatable bonds is 3. The van der Waals surface area contributed by atoms with Gasteiger partial charge in [-0.1, -0.05) is 48.5 Å². The van der Waals surface area contributed by atoms with Crippen molar-refractivity contribution in [1.29, 1.82) is 0 Å². The Morgan fingerprint density at radius 3 is 2.30 bits per heavy atom. The average Bonchev–Trinajstić information content (AvgIpc) is 2.54. The molecule has 0 saturated heterocycles. The molecule has 20 heavy (non-hydrogen) atoms. The van der Waals surface area contributed by atoms with Crippen LogP contribution in [-0.2, 0) is 0 Å². The molecule has 100 valence electrons. The van der Waals surface area contributed by atoms with Gasteiger partial charge in [0.05, 0.1) is 5.52 Å². The van der Waals surface area contributed by atoms with Crippen LogP contribution < -0.4 is 0 Å². The van der Waals surface area contributed by atoms with E-state index in [0.717, 1.165) is 10.9 Å². The molecule has 3 heteroatoms. The third kappa shape index (κ3) is 2.41. The molecule has 3 rings (SSSR count). The highest BCUT2D eigenvalue weighted by atomic mass is 16.3. The smallest absolute Gasteiger partial charge is 0.109 e. The van der Waals surface area contributed by atoms with Crippen LogP contribution in [0.25, 0.3) is 10.9 Å². The molecule has 1 heterocycles. The van der Waals surface area contributed by atoms with Crippen LogP contribution in [0, 0.1) is 0 Å². The van der Waals surface area contributed by atoms with Crippen molar-refractivity contribution in [2.75, 3.05) is 0 Å². The number of hydrogen-bond donors (Lipinski definition) is 2. The molecule has 0 saturated carbocycles. The van der Waals surface area contributed by atoms with E-state index >= 15 is 0 Å². The molecule has 0 spiro atoms. The van der Waals surface area contributed by atoms with Gasteiger partial charge in [0.25, 0.3) is 0 Å². The van der Waals surface area contributed by atoms with E-state index in [1.165, 1.54) is 0 Å². The van der Waals surface area contributed by atoms with E-state index in [0.29, 0.717) is 11.1 Å². The molecule has 2 N–H and O–H groups in total. The van der Waals surface area contributed by atoms with Crippen molar-refractivity contribution in [3.05, 3.63) is 78.0 Å². The van der Waals surface area contributed by atoms with Gasteiger partial charge in [0, 0.05) is 11.6 Å². The van der Waals surface area contributed by atoms with Crippen LogP contribution in [0.15, 0.2) is 66.9 Å². The second kappa shape index (κ2) is 5.41. The lowest BCUT2D eigenvalue weighted by Gasteiger charge is -2.18. The SMILES string of the molecule is OC(c1ccccc1)C(O)c1ccc2cccnc2c1. The summed E-state index contributed by atoms with van der Waals surface area (Å²) in [4.78, 5) is 4.26. The van der Waals surface area contributed by atoms with Crippen LogP contribution in [0.2, 0.25) is 0 Å². The summed E-state index contributed by atoms with van der Waals surface area (Å²) >= 11 is 0. The summed E-state index contributed by atoms with van der Waals surface area (Å²) in [5.74, 6) is 0. The molecule has 1 aromatic heterocycles. The van der Waals surface area contributed by atoms with Crippen LogP contribution in [-0.4, -0.2) is 15.2 Å². The minimum Gasteiger partial charge on any atom is -0.385 e. The molecule has 0 aliphatic heterocycles. The van der Waals surface area contributed by atoms with Crippen molar-refractivity contribution in [2.45, 2.75) is 12.2 Å². The van der Waals surface area contributed by atoms with Crippen LogP contribution >= 0.6 is 0 Å². The van der Waals surface area contributed by atoms with E-state index in [1.807, 2.05) is 48.5 Å². The lowest BCUT2D eigenvalue weighted by atomic mass is 9.97. The first kappa shape index (κ1) is 12.8. The van der Waals surface area contributed by atoms with Crippen molar-refractivity contribution in [3.63, 3.8) is 0 Å². The first-order chi connectivity index (χ1) is 9.75. The fraction of sp³-hybridized carbons (Fsp3) is 0.118. The van der Waals surface area contributed by atoms with Gasteiger partial charge < -0.3 is 10.2 Å². The molecule has 0 radical (unpaired) electrons. The Morgan fingerprint density at radius 2 is 1.50 bits per heavy atom. The number of aromatic nitrogens is 1. The van der Waals surface area contributed by atoms with Crippen LogP contribution in [0.3, 0.4) is 0 Å². The Morgan fingerprint density at radius 1 is 0.750 bits per heavy atom. The molecule has 0 amide bonds. The van der Waals surface area contributed by atoms with Gasteiger partial charge in [-0.25, -0.2) is 0 Å². The lowest BCUT2D eigenvalue weighted by Crippen LogP contribution is -2.10. The molecule has 0 fully saturated rings. The van der Waals surface area contributed by atoms with E-state index < -0.39 is 12.2 Å². The topological polar surface area (TPSA) is 53.4 Å². The van der Waals surface area contributed by atoms with E-state index in [4.69, 9.17) is 0 Å². The van der Waals surface area contributed by atoms with E-state index in [1.54, 1.807) is 18.3 Å². The number of nitrogens with zero attached hydrogens (tertiary/aromatic N) is 1. The number of fused-ring (bicyclic) bond motifs is 1. The number of hydrogen-bond acceptors (Lipinski definition) is 3. The minimum atomic E-state index is -0.969. The summed E-state index contributed by atoms with van der Waals surface area (Å²) in [7, 11) is 0. The fourth-order valence-electron chi connectivity index (χ4n) is 2.28. The van der Waals surface area contributed by atoms with Crippen LogP contribution in [0.1, 0.15) is 23.3 Å². The van der Waals surface area contributed by atoms with Gasteiger partial charge in [0.1, 0.15) is 12.2 Å². The van der Waals surface area contributed by atoms with Crippen molar-refractivity contribution in [2.24, 2.45) is 0 Å². The minimum absolute atomic E-state index is 0.660. The Labute approximate surface area is 117 Å².